The molecule has 0 aromatic carbocycles. The molecule has 0 radical (unpaired) electrons. The number of unbranched alkanes of at least 4 members (excludes halogenated alkanes) is 15. The lowest BCUT2D eigenvalue weighted by atomic mass is 10.0. The third kappa shape index (κ3) is 33.5. The quantitative estimate of drug-likeness (QED) is 0.149. The molecular weight excluding hydrogens is 370 g/mol. The van der Waals surface area contributed by atoms with Crippen molar-refractivity contribution in [3.8, 4) is 0 Å². The largest absolute Gasteiger partial charge is 0.329 e. The molecule has 0 unspecified atom stereocenters. The number of rotatable bonds is 18. The fraction of sp³-hybridized carbons (Fsp3) is 1.00. The predicted molar refractivity (Wildman–Crippen MR) is 125 cm³/mol. The Kier molecular flexibility index (Phi) is 21.6. The Bertz CT molecular complexity index is 400. The Morgan fingerprint density at radius 2 is 0.857 bits per heavy atom. The van der Waals surface area contributed by atoms with E-state index in [0.717, 1.165) is 0 Å². The average Bonchev–Trinajstić information content (AvgIpc) is 2.60. The van der Waals surface area contributed by atoms with Crippen LogP contribution < -0.4 is 0 Å². The van der Waals surface area contributed by atoms with E-state index in [2.05, 4.69) is 27.9 Å². The maximum atomic E-state index is 9.19. The van der Waals surface area contributed by atoms with Crippen LogP contribution in [-0.4, -0.2) is 50.9 Å². The van der Waals surface area contributed by atoms with Crippen molar-refractivity contribution in [2.24, 2.45) is 0 Å². The molecule has 1 N–H and O–H groups in total. The van der Waals surface area contributed by atoms with E-state index < -0.39 is 10.1 Å². The molecule has 28 heavy (non-hydrogen) atoms. The Balaban J connectivity index is 0. The molecule has 0 fully saturated rings. The Hall–Kier alpha value is -0.130. The van der Waals surface area contributed by atoms with E-state index in [1.165, 1.54) is 120 Å². The predicted octanol–water partition coefficient (Wildman–Crippen LogP) is 6.85. The minimum atomic E-state index is -3.67. The fourth-order valence-electron chi connectivity index (χ4n) is 3.25. The van der Waals surface area contributed by atoms with Crippen molar-refractivity contribution >= 4 is 10.1 Å². The highest BCUT2D eigenvalue weighted by Gasteiger charge is 2.09. The van der Waals surface area contributed by atoms with Gasteiger partial charge in [0.1, 0.15) is 0 Å². The molecule has 0 rings (SSSR count). The lowest BCUT2D eigenvalue weighted by molar-refractivity contribution is -0.888. The third-order valence-corrected chi connectivity index (χ3v) is 5.47. The molecule has 0 saturated carbocycles. The van der Waals surface area contributed by atoms with Crippen LogP contribution in [0.15, 0.2) is 0 Å². The molecule has 0 saturated heterocycles. The highest BCUT2D eigenvalue weighted by atomic mass is 32.2. The molecule has 5 heteroatoms. The summed E-state index contributed by atoms with van der Waals surface area (Å²) < 4.78 is 27.1. The van der Waals surface area contributed by atoms with Crippen LogP contribution in [0.3, 0.4) is 0 Å². The van der Waals surface area contributed by atoms with Gasteiger partial charge >= 0.3 is 0 Å². The number of nitrogens with zero attached hydrogens (tertiary/aromatic N) is 1. The SMILES string of the molecule is CCCCCCCCCCCCCCCCCC[N+](C)(C)CC.CS(=O)(=O)O. The second-order valence-electron chi connectivity index (χ2n) is 9.01. The van der Waals surface area contributed by atoms with Gasteiger partial charge in [-0.1, -0.05) is 96.8 Å². The zero-order valence-corrected chi connectivity index (χ0v) is 20.7. The molecule has 0 spiro atoms. The maximum absolute atomic E-state index is 9.19. The van der Waals surface area contributed by atoms with Gasteiger partial charge in [-0.25, -0.2) is 0 Å². The van der Waals surface area contributed by atoms with Gasteiger partial charge in [-0.2, -0.15) is 8.42 Å². The highest BCUT2D eigenvalue weighted by molar-refractivity contribution is 7.85. The Morgan fingerprint density at radius 3 is 1.11 bits per heavy atom. The van der Waals surface area contributed by atoms with E-state index in [1.54, 1.807) is 0 Å². The van der Waals surface area contributed by atoms with E-state index in [-0.39, 0.29) is 0 Å². The minimum Gasteiger partial charge on any atom is -0.329 e. The maximum Gasteiger partial charge on any atom is 0.261 e. The summed E-state index contributed by atoms with van der Waals surface area (Å²) in [6.07, 6.45) is 24.1. The average molecular weight is 423 g/mol. The van der Waals surface area contributed by atoms with Crippen LogP contribution in [0, 0.1) is 0 Å². The van der Waals surface area contributed by atoms with Crippen LogP contribution in [0.4, 0.5) is 0 Å². The van der Waals surface area contributed by atoms with Crippen molar-refractivity contribution in [1.82, 2.24) is 0 Å². The summed E-state index contributed by atoms with van der Waals surface area (Å²) in [6.45, 7) is 7.21. The lowest BCUT2D eigenvalue weighted by Gasteiger charge is -2.28. The normalized spacial score (nSPS) is 11.9. The zero-order valence-electron chi connectivity index (χ0n) is 19.8. The molecule has 0 aliphatic rings. The molecule has 4 nitrogen and oxygen atoms in total. The van der Waals surface area contributed by atoms with E-state index in [1.807, 2.05) is 0 Å². The molecule has 0 atom stereocenters. The van der Waals surface area contributed by atoms with Crippen LogP contribution in [0.1, 0.15) is 117 Å². The van der Waals surface area contributed by atoms with Crippen molar-refractivity contribution < 1.29 is 17.5 Å². The summed E-state index contributed by atoms with van der Waals surface area (Å²) in [5, 5.41) is 0. The molecule has 0 amide bonds. The van der Waals surface area contributed by atoms with Crippen molar-refractivity contribution in [1.29, 1.82) is 0 Å². The van der Waals surface area contributed by atoms with Gasteiger partial charge in [0.05, 0.1) is 33.4 Å². The van der Waals surface area contributed by atoms with E-state index >= 15 is 0 Å². The standard InChI is InChI=1S/C22H48N.CH4O3S/c1-5-7-8-9-10-11-12-13-14-15-16-17-18-19-20-21-22-23(3,4)6-2;1-5(2,3)4/h5-22H2,1-4H3;1H3,(H,2,3,4)/q+1;. The lowest BCUT2D eigenvalue weighted by Crippen LogP contribution is -2.39. The monoisotopic (exact) mass is 422 g/mol. The summed E-state index contributed by atoms with van der Waals surface area (Å²) in [6, 6.07) is 0. The first-order valence-electron chi connectivity index (χ1n) is 11.9. The summed E-state index contributed by atoms with van der Waals surface area (Å²) in [4.78, 5) is 0. The minimum absolute atomic E-state index is 0.715. The van der Waals surface area contributed by atoms with Gasteiger partial charge in [0.15, 0.2) is 0 Å². The molecule has 0 bridgehead atoms. The van der Waals surface area contributed by atoms with E-state index in [0.29, 0.717) is 6.26 Å². The summed E-state index contributed by atoms with van der Waals surface area (Å²) in [5.74, 6) is 0. The topological polar surface area (TPSA) is 54.4 Å². The summed E-state index contributed by atoms with van der Waals surface area (Å²) in [5.41, 5.74) is 0. The fourth-order valence-corrected chi connectivity index (χ4v) is 3.25. The van der Waals surface area contributed by atoms with Crippen LogP contribution in [0.25, 0.3) is 0 Å². The first-order valence-corrected chi connectivity index (χ1v) is 13.7. The zero-order chi connectivity index (χ0) is 21.7. The van der Waals surface area contributed by atoms with Crippen molar-refractivity contribution in [3.63, 3.8) is 0 Å². The highest BCUT2D eigenvalue weighted by Crippen LogP contribution is 2.14. The van der Waals surface area contributed by atoms with Gasteiger partial charge in [0.2, 0.25) is 0 Å². The second-order valence-corrected chi connectivity index (χ2v) is 10.5. The molecule has 172 valence electrons. The van der Waals surface area contributed by atoms with Crippen LogP contribution >= 0.6 is 0 Å². The van der Waals surface area contributed by atoms with Gasteiger partial charge in [-0.3, -0.25) is 4.55 Å². The third-order valence-electron chi connectivity index (χ3n) is 5.47. The first kappa shape index (κ1) is 30.1. The number of quaternary nitrogens is 1. The Morgan fingerprint density at radius 1 is 0.607 bits per heavy atom. The molecule has 0 heterocycles. The molecule has 0 aliphatic carbocycles. The van der Waals surface area contributed by atoms with Crippen molar-refractivity contribution in [3.05, 3.63) is 0 Å². The molecule has 0 aliphatic heterocycles. The Labute approximate surface area is 177 Å². The molecular formula is C23H52NO3S+. The first-order chi connectivity index (χ1) is 13.1. The van der Waals surface area contributed by atoms with Gasteiger partial charge in [-0.05, 0) is 19.8 Å². The van der Waals surface area contributed by atoms with Crippen LogP contribution in [-0.2, 0) is 10.1 Å². The second kappa shape index (κ2) is 20.2. The summed E-state index contributed by atoms with van der Waals surface area (Å²) >= 11 is 0. The van der Waals surface area contributed by atoms with Gasteiger partial charge in [0, 0.05) is 0 Å². The van der Waals surface area contributed by atoms with Gasteiger partial charge in [-0.15, -0.1) is 0 Å². The van der Waals surface area contributed by atoms with E-state index in [4.69, 9.17) is 4.55 Å². The number of hydrogen-bond donors (Lipinski definition) is 1. The summed E-state index contributed by atoms with van der Waals surface area (Å²) in [7, 11) is 1.04. The molecule has 0 aromatic heterocycles. The van der Waals surface area contributed by atoms with Crippen LogP contribution in [0.5, 0.6) is 0 Å². The smallest absolute Gasteiger partial charge is 0.261 e. The van der Waals surface area contributed by atoms with Crippen molar-refractivity contribution in [2.75, 3.05) is 33.4 Å². The van der Waals surface area contributed by atoms with Crippen LogP contribution in [0.2, 0.25) is 0 Å². The molecule has 0 aromatic rings. The number of hydrogen-bond acceptors (Lipinski definition) is 2. The van der Waals surface area contributed by atoms with Crippen molar-refractivity contribution in [2.45, 2.75) is 117 Å². The van der Waals surface area contributed by atoms with Gasteiger partial charge in [0.25, 0.3) is 10.1 Å². The van der Waals surface area contributed by atoms with E-state index in [9.17, 15) is 8.42 Å². The van der Waals surface area contributed by atoms with Gasteiger partial charge < -0.3 is 4.48 Å².